The van der Waals surface area contributed by atoms with Crippen molar-refractivity contribution < 1.29 is 23.8 Å². The highest BCUT2D eigenvalue weighted by Gasteiger charge is 2.26. The Morgan fingerprint density at radius 1 is 1.18 bits per heavy atom. The molecule has 0 radical (unpaired) electrons. The van der Waals surface area contributed by atoms with Crippen LogP contribution in [-0.2, 0) is 24.2 Å². The summed E-state index contributed by atoms with van der Waals surface area (Å²) >= 11 is 0. The summed E-state index contributed by atoms with van der Waals surface area (Å²) in [6.07, 6.45) is 6.85. The zero-order valence-electron chi connectivity index (χ0n) is 23.0. The Balaban J connectivity index is 1.47. The molecule has 6 nitrogen and oxygen atoms in total. The predicted octanol–water partition coefficient (Wildman–Crippen LogP) is 6.60. The predicted molar refractivity (Wildman–Crippen MR) is 149 cm³/mol. The molecule has 1 saturated heterocycles. The normalized spacial score (nSPS) is 20.1. The number of carboxylic acid groups (broad SMARTS) is 1. The highest BCUT2D eigenvalue weighted by atomic mass is 19.1. The molecule has 2 aliphatic rings. The maximum Gasteiger partial charge on any atom is 0.306 e. The van der Waals surface area contributed by atoms with Gasteiger partial charge in [0.25, 0.3) is 0 Å². The number of nitrogens with zero attached hydrogens (tertiary/aromatic N) is 2. The van der Waals surface area contributed by atoms with Crippen molar-refractivity contribution >= 4 is 5.97 Å². The number of likely N-dealkylation sites (tertiary alicyclic amines) is 1. The van der Waals surface area contributed by atoms with E-state index < -0.39 is 11.9 Å². The number of fused-ring (bicyclic) bond motifs is 1. The van der Waals surface area contributed by atoms with Crippen LogP contribution in [-0.4, -0.2) is 40.7 Å². The lowest BCUT2D eigenvalue weighted by Crippen LogP contribution is -2.36. The molecular weight excluding hydrogens is 495 g/mol. The van der Waals surface area contributed by atoms with Crippen molar-refractivity contribution in [3.8, 4) is 22.8 Å². The van der Waals surface area contributed by atoms with Crippen LogP contribution in [0.5, 0.6) is 11.6 Å². The molecule has 1 N–H and O–H groups in total. The fourth-order valence-electron chi connectivity index (χ4n) is 5.77. The van der Waals surface area contributed by atoms with Crippen LogP contribution in [0.1, 0.15) is 67.9 Å². The zero-order valence-corrected chi connectivity index (χ0v) is 23.0. The SMILES string of the molecule is COc1cc(-c2ccc([C@@H]3CCc4ccc(CC(C)C(=O)O)cc4O3)cc2CN2CCCCC2C)c(F)cn1. The van der Waals surface area contributed by atoms with Gasteiger partial charge >= 0.3 is 5.97 Å². The van der Waals surface area contributed by atoms with Gasteiger partial charge in [0.1, 0.15) is 17.7 Å². The molecule has 3 atom stereocenters. The summed E-state index contributed by atoms with van der Waals surface area (Å²) < 4.78 is 26.8. The largest absolute Gasteiger partial charge is 0.485 e. The van der Waals surface area contributed by atoms with Gasteiger partial charge in [0.05, 0.1) is 19.2 Å². The molecule has 2 aliphatic heterocycles. The molecule has 7 heteroatoms. The number of rotatable bonds is 8. The average molecular weight is 533 g/mol. The number of pyridine rings is 1. The molecule has 2 aromatic carbocycles. The molecule has 0 bridgehead atoms. The summed E-state index contributed by atoms with van der Waals surface area (Å²) in [6.45, 7) is 5.74. The molecule has 0 amide bonds. The van der Waals surface area contributed by atoms with Crippen LogP contribution in [0, 0.1) is 11.7 Å². The minimum atomic E-state index is -0.801. The Bertz CT molecular complexity index is 1340. The van der Waals surface area contributed by atoms with Gasteiger partial charge in [0, 0.05) is 24.2 Å². The maximum absolute atomic E-state index is 15.0. The van der Waals surface area contributed by atoms with E-state index in [-0.39, 0.29) is 11.9 Å². The van der Waals surface area contributed by atoms with Gasteiger partial charge in [-0.25, -0.2) is 9.37 Å². The quantitative estimate of drug-likeness (QED) is 0.352. The summed E-state index contributed by atoms with van der Waals surface area (Å²) in [7, 11) is 1.54. The number of methoxy groups -OCH3 is 1. The third kappa shape index (κ3) is 6.09. The van der Waals surface area contributed by atoms with Crippen molar-refractivity contribution in [1.82, 2.24) is 9.88 Å². The Hall–Kier alpha value is -3.45. The lowest BCUT2D eigenvalue weighted by molar-refractivity contribution is -0.141. The summed E-state index contributed by atoms with van der Waals surface area (Å²) in [6, 6.07) is 14.4. The van der Waals surface area contributed by atoms with E-state index in [1.807, 2.05) is 24.3 Å². The number of benzene rings is 2. The molecule has 1 fully saturated rings. The van der Waals surface area contributed by atoms with Crippen molar-refractivity contribution in [3.63, 3.8) is 0 Å². The number of ether oxygens (including phenoxy) is 2. The lowest BCUT2D eigenvalue weighted by atomic mass is 9.91. The minimum absolute atomic E-state index is 0.131. The van der Waals surface area contributed by atoms with Gasteiger partial charge in [-0.3, -0.25) is 9.69 Å². The first-order chi connectivity index (χ1) is 18.8. The summed E-state index contributed by atoms with van der Waals surface area (Å²) in [5.41, 5.74) is 5.56. The molecule has 3 heterocycles. The van der Waals surface area contributed by atoms with Crippen LogP contribution in [0.15, 0.2) is 48.7 Å². The fourth-order valence-corrected chi connectivity index (χ4v) is 5.77. The number of aryl methyl sites for hydroxylation is 1. The smallest absolute Gasteiger partial charge is 0.306 e. The number of aliphatic carboxylic acids is 1. The van der Waals surface area contributed by atoms with E-state index in [1.165, 1.54) is 26.1 Å². The lowest BCUT2D eigenvalue weighted by Gasteiger charge is -2.34. The summed E-state index contributed by atoms with van der Waals surface area (Å²) in [5, 5.41) is 9.31. The van der Waals surface area contributed by atoms with Gasteiger partial charge in [-0.2, -0.15) is 0 Å². The van der Waals surface area contributed by atoms with Crippen LogP contribution in [0.3, 0.4) is 0 Å². The third-order valence-corrected chi connectivity index (χ3v) is 8.18. The molecule has 5 rings (SSSR count). The van der Waals surface area contributed by atoms with Crippen molar-refractivity contribution in [2.45, 2.75) is 71.1 Å². The number of halogens is 1. The zero-order chi connectivity index (χ0) is 27.5. The first kappa shape index (κ1) is 27.1. The van der Waals surface area contributed by atoms with E-state index >= 15 is 4.39 Å². The van der Waals surface area contributed by atoms with Crippen LogP contribution in [0.25, 0.3) is 11.1 Å². The van der Waals surface area contributed by atoms with Crippen molar-refractivity contribution in [1.29, 1.82) is 0 Å². The van der Waals surface area contributed by atoms with Crippen molar-refractivity contribution in [2.24, 2.45) is 5.92 Å². The van der Waals surface area contributed by atoms with E-state index in [2.05, 4.69) is 28.9 Å². The molecule has 39 heavy (non-hydrogen) atoms. The Morgan fingerprint density at radius 3 is 2.79 bits per heavy atom. The van der Waals surface area contributed by atoms with E-state index in [9.17, 15) is 9.90 Å². The van der Waals surface area contributed by atoms with Crippen molar-refractivity contribution in [2.75, 3.05) is 13.7 Å². The van der Waals surface area contributed by atoms with E-state index in [0.717, 1.165) is 65.9 Å². The highest BCUT2D eigenvalue weighted by molar-refractivity contribution is 5.70. The minimum Gasteiger partial charge on any atom is -0.485 e. The van der Waals surface area contributed by atoms with Gasteiger partial charge in [0.15, 0.2) is 0 Å². The number of carboxylic acids is 1. The Labute approximate surface area is 229 Å². The monoisotopic (exact) mass is 532 g/mol. The topological polar surface area (TPSA) is 71.9 Å². The highest BCUT2D eigenvalue weighted by Crippen LogP contribution is 2.38. The number of hydrogen-bond donors (Lipinski definition) is 1. The van der Waals surface area contributed by atoms with Gasteiger partial charge in [-0.1, -0.05) is 43.7 Å². The molecule has 2 unspecified atom stereocenters. The standard InChI is InChI=1S/C32H37FN2O4/c1-20(32(36)37)14-22-7-8-23-10-12-29(39-30(23)15-22)24-9-11-26(27-17-31(38-3)34-18-28(27)33)25(16-24)19-35-13-5-4-6-21(35)2/h7-9,11,15-18,20-21,29H,4-6,10,12-14,19H2,1-3H3,(H,36,37)/t20?,21?,29-/m0/s1. The first-order valence-corrected chi connectivity index (χ1v) is 13.9. The van der Waals surface area contributed by atoms with Gasteiger partial charge in [0.2, 0.25) is 5.88 Å². The number of carbonyl (C=O) groups is 1. The Morgan fingerprint density at radius 2 is 2.03 bits per heavy atom. The maximum atomic E-state index is 15.0. The van der Waals surface area contributed by atoms with E-state index in [4.69, 9.17) is 9.47 Å². The summed E-state index contributed by atoms with van der Waals surface area (Å²) in [5.74, 6) is -0.427. The van der Waals surface area contributed by atoms with E-state index in [1.54, 1.807) is 13.0 Å². The van der Waals surface area contributed by atoms with Crippen LogP contribution in [0.2, 0.25) is 0 Å². The Kier molecular flexibility index (Phi) is 8.17. The molecule has 1 aromatic heterocycles. The first-order valence-electron chi connectivity index (χ1n) is 13.9. The van der Waals surface area contributed by atoms with Crippen LogP contribution in [0.4, 0.5) is 4.39 Å². The molecular formula is C32H37FN2O4. The molecule has 3 aromatic rings. The average Bonchev–Trinajstić information content (AvgIpc) is 2.94. The molecule has 0 saturated carbocycles. The molecule has 0 spiro atoms. The van der Waals surface area contributed by atoms with Crippen molar-refractivity contribution in [3.05, 3.63) is 76.7 Å². The number of hydrogen-bond acceptors (Lipinski definition) is 5. The molecule has 0 aliphatic carbocycles. The second-order valence-electron chi connectivity index (χ2n) is 11.0. The van der Waals surface area contributed by atoms with Crippen LogP contribution >= 0.6 is 0 Å². The van der Waals surface area contributed by atoms with Gasteiger partial charge in [-0.15, -0.1) is 0 Å². The van der Waals surface area contributed by atoms with Gasteiger partial charge in [-0.05, 0) is 79.5 Å². The fraction of sp³-hybridized carbons (Fsp3) is 0.438. The molecule has 206 valence electrons. The van der Waals surface area contributed by atoms with Gasteiger partial charge < -0.3 is 14.6 Å². The van der Waals surface area contributed by atoms with E-state index in [0.29, 0.717) is 23.9 Å². The number of aromatic nitrogens is 1. The second-order valence-corrected chi connectivity index (χ2v) is 11.0. The van der Waals surface area contributed by atoms with Crippen LogP contribution < -0.4 is 9.47 Å². The third-order valence-electron chi connectivity index (χ3n) is 8.18. The second kappa shape index (κ2) is 11.7. The summed E-state index contributed by atoms with van der Waals surface area (Å²) in [4.78, 5) is 17.9. The number of piperidine rings is 1.